The van der Waals surface area contributed by atoms with E-state index in [1.165, 1.54) is 51.5 Å². The molecule has 1 unspecified atom stereocenters. The van der Waals surface area contributed by atoms with Crippen molar-refractivity contribution in [2.75, 3.05) is 19.6 Å². The monoisotopic (exact) mass is 255 g/mol. The van der Waals surface area contributed by atoms with Crippen molar-refractivity contribution in [2.45, 2.75) is 83.7 Å². The first kappa shape index (κ1) is 16.0. The number of rotatable bonds is 8. The Balaban J connectivity index is 2.15. The molecule has 18 heavy (non-hydrogen) atoms. The van der Waals surface area contributed by atoms with Crippen LogP contribution >= 0.6 is 0 Å². The van der Waals surface area contributed by atoms with Gasteiger partial charge < -0.3 is 10.0 Å². The van der Waals surface area contributed by atoms with E-state index in [-0.39, 0.29) is 5.60 Å². The van der Waals surface area contributed by atoms with Gasteiger partial charge in [0.15, 0.2) is 0 Å². The molecular weight excluding hydrogens is 222 g/mol. The fraction of sp³-hybridized carbons (Fsp3) is 1.00. The zero-order valence-corrected chi connectivity index (χ0v) is 12.6. The molecule has 0 spiro atoms. The first-order valence-electron chi connectivity index (χ1n) is 8.15. The minimum absolute atomic E-state index is 0.353. The fourth-order valence-corrected chi connectivity index (χ4v) is 3.04. The molecule has 1 atom stereocenters. The van der Waals surface area contributed by atoms with E-state index in [0.29, 0.717) is 0 Å². The summed E-state index contributed by atoms with van der Waals surface area (Å²) in [5.74, 6) is 0. The summed E-state index contributed by atoms with van der Waals surface area (Å²) in [5.41, 5.74) is -0.353. The van der Waals surface area contributed by atoms with Gasteiger partial charge in [-0.25, -0.2) is 0 Å². The minimum atomic E-state index is -0.353. The summed E-state index contributed by atoms with van der Waals surface area (Å²) in [7, 11) is 0. The maximum Gasteiger partial charge on any atom is 0.0660 e. The van der Waals surface area contributed by atoms with Gasteiger partial charge in [-0.15, -0.1) is 0 Å². The Morgan fingerprint density at radius 3 is 2.39 bits per heavy atom. The van der Waals surface area contributed by atoms with E-state index >= 15 is 0 Å². The van der Waals surface area contributed by atoms with Gasteiger partial charge in [-0.1, -0.05) is 52.4 Å². The van der Waals surface area contributed by atoms with Crippen LogP contribution in [0, 0.1) is 0 Å². The summed E-state index contributed by atoms with van der Waals surface area (Å²) in [5, 5.41) is 10.6. The number of hydrogen-bond donors (Lipinski definition) is 1. The van der Waals surface area contributed by atoms with E-state index in [4.69, 9.17) is 0 Å². The third kappa shape index (κ3) is 6.19. The average molecular weight is 255 g/mol. The number of likely N-dealkylation sites (tertiary alicyclic amines) is 1. The lowest BCUT2D eigenvalue weighted by Crippen LogP contribution is -2.31. The van der Waals surface area contributed by atoms with Crippen molar-refractivity contribution >= 4 is 0 Å². The lowest BCUT2D eigenvalue weighted by molar-refractivity contribution is 0.0146. The second kappa shape index (κ2) is 8.92. The zero-order valence-electron chi connectivity index (χ0n) is 12.6. The maximum atomic E-state index is 10.6. The Morgan fingerprint density at radius 1 is 0.944 bits per heavy atom. The molecule has 1 N–H and O–H groups in total. The molecule has 0 radical (unpaired) electrons. The molecule has 0 bridgehead atoms. The minimum Gasteiger partial charge on any atom is -0.390 e. The molecule has 0 amide bonds. The number of aliphatic hydroxyl groups is 1. The summed E-state index contributed by atoms with van der Waals surface area (Å²) in [6, 6.07) is 0. The van der Waals surface area contributed by atoms with Crippen molar-refractivity contribution < 1.29 is 5.11 Å². The predicted molar refractivity (Wildman–Crippen MR) is 78.9 cm³/mol. The van der Waals surface area contributed by atoms with Gasteiger partial charge in [-0.05, 0) is 38.8 Å². The number of unbranched alkanes of at least 4 members (excludes halogenated alkanes) is 5. The summed E-state index contributed by atoms with van der Waals surface area (Å²) in [6.07, 6.45) is 12.1. The third-order valence-corrected chi connectivity index (χ3v) is 4.45. The second-order valence-electron chi connectivity index (χ2n) is 6.03. The maximum absolute atomic E-state index is 10.6. The Kier molecular flexibility index (Phi) is 7.92. The molecule has 0 aromatic rings. The van der Waals surface area contributed by atoms with Crippen molar-refractivity contribution in [1.82, 2.24) is 4.90 Å². The van der Waals surface area contributed by atoms with E-state index < -0.39 is 0 Å². The first-order valence-corrected chi connectivity index (χ1v) is 8.15. The topological polar surface area (TPSA) is 23.5 Å². The zero-order chi connectivity index (χ0) is 13.3. The van der Waals surface area contributed by atoms with Gasteiger partial charge in [0.05, 0.1) is 5.60 Å². The van der Waals surface area contributed by atoms with Crippen LogP contribution in [0.15, 0.2) is 0 Å². The van der Waals surface area contributed by atoms with Gasteiger partial charge in [0.2, 0.25) is 0 Å². The van der Waals surface area contributed by atoms with Crippen molar-refractivity contribution in [3.63, 3.8) is 0 Å². The molecule has 1 rings (SSSR count). The molecule has 0 saturated carbocycles. The van der Waals surface area contributed by atoms with Crippen molar-refractivity contribution in [2.24, 2.45) is 0 Å². The van der Waals surface area contributed by atoms with Crippen LogP contribution in [0.2, 0.25) is 0 Å². The molecule has 1 aliphatic rings. The smallest absolute Gasteiger partial charge is 0.0660 e. The second-order valence-corrected chi connectivity index (χ2v) is 6.03. The molecular formula is C16H33NO. The van der Waals surface area contributed by atoms with Crippen molar-refractivity contribution in [1.29, 1.82) is 0 Å². The van der Waals surface area contributed by atoms with Gasteiger partial charge >= 0.3 is 0 Å². The van der Waals surface area contributed by atoms with Crippen LogP contribution in [0.25, 0.3) is 0 Å². The van der Waals surface area contributed by atoms with Crippen LogP contribution in [0.4, 0.5) is 0 Å². The van der Waals surface area contributed by atoms with Crippen LogP contribution < -0.4 is 0 Å². The van der Waals surface area contributed by atoms with Crippen LogP contribution in [0.1, 0.15) is 78.1 Å². The molecule has 1 fully saturated rings. The Hall–Kier alpha value is -0.0800. The predicted octanol–water partition coefficient (Wildman–Crippen LogP) is 3.97. The van der Waals surface area contributed by atoms with E-state index in [2.05, 4.69) is 18.7 Å². The highest BCUT2D eigenvalue weighted by atomic mass is 16.3. The van der Waals surface area contributed by atoms with Crippen molar-refractivity contribution in [3.8, 4) is 0 Å². The summed E-state index contributed by atoms with van der Waals surface area (Å²) in [4.78, 5) is 2.47. The fourth-order valence-electron chi connectivity index (χ4n) is 3.04. The molecule has 1 saturated heterocycles. The summed E-state index contributed by atoms with van der Waals surface area (Å²) in [6.45, 7) is 7.87. The molecule has 0 aliphatic carbocycles. The Morgan fingerprint density at radius 2 is 1.67 bits per heavy atom. The van der Waals surface area contributed by atoms with Gasteiger partial charge in [-0.3, -0.25) is 0 Å². The summed E-state index contributed by atoms with van der Waals surface area (Å²) < 4.78 is 0. The van der Waals surface area contributed by atoms with Crippen molar-refractivity contribution in [3.05, 3.63) is 0 Å². The molecule has 1 aliphatic heterocycles. The quantitative estimate of drug-likeness (QED) is 0.663. The van der Waals surface area contributed by atoms with Crippen LogP contribution in [0.3, 0.4) is 0 Å². The van der Waals surface area contributed by atoms with Crippen LogP contribution in [-0.2, 0) is 0 Å². The normalized spacial score (nSPS) is 26.2. The van der Waals surface area contributed by atoms with Gasteiger partial charge in [0.1, 0.15) is 0 Å². The van der Waals surface area contributed by atoms with Gasteiger partial charge in [0.25, 0.3) is 0 Å². The lowest BCUT2D eigenvalue weighted by Gasteiger charge is -2.27. The van der Waals surface area contributed by atoms with E-state index in [1.807, 2.05) is 0 Å². The SMILES string of the molecule is CCCCCCCCC1(O)CCCN(CC)CC1. The highest BCUT2D eigenvalue weighted by Gasteiger charge is 2.28. The average Bonchev–Trinajstić information content (AvgIpc) is 2.56. The van der Waals surface area contributed by atoms with E-state index in [0.717, 1.165) is 32.4 Å². The summed E-state index contributed by atoms with van der Waals surface area (Å²) >= 11 is 0. The highest BCUT2D eigenvalue weighted by Crippen LogP contribution is 2.28. The highest BCUT2D eigenvalue weighted by molar-refractivity contribution is 4.83. The van der Waals surface area contributed by atoms with Crippen LogP contribution in [-0.4, -0.2) is 35.2 Å². The standard InChI is InChI=1S/C16H33NO/c1-3-5-6-7-8-9-11-16(18)12-10-14-17(4-2)15-13-16/h18H,3-15H2,1-2H3. The number of hydrogen-bond acceptors (Lipinski definition) is 2. The van der Waals surface area contributed by atoms with Gasteiger partial charge in [0, 0.05) is 6.54 Å². The lowest BCUT2D eigenvalue weighted by atomic mass is 9.88. The molecule has 0 aromatic carbocycles. The molecule has 2 heteroatoms. The Bertz CT molecular complexity index is 207. The Labute approximate surface area is 114 Å². The van der Waals surface area contributed by atoms with Gasteiger partial charge in [-0.2, -0.15) is 0 Å². The molecule has 0 aromatic heterocycles. The van der Waals surface area contributed by atoms with Crippen LogP contribution in [0.5, 0.6) is 0 Å². The molecule has 108 valence electrons. The first-order chi connectivity index (χ1) is 8.70. The third-order valence-electron chi connectivity index (χ3n) is 4.45. The number of nitrogens with zero attached hydrogens (tertiary/aromatic N) is 1. The molecule has 2 nitrogen and oxygen atoms in total. The molecule has 1 heterocycles. The van der Waals surface area contributed by atoms with E-state index in [9.17, 15) is 5.11 Å². The largest absolute Gasteiger partial charge is 0.390 e. The van der Waals surface area contributed by atoms with E-state index in [1.54, 1.807) is 0 Å².